The number of aliphatic carboxylic acids is 1. The van der Waals surface area contributed by atoms with Crippen molar-refractivity contribution in [3.8, 4) is 5.75 Å². The molecule has 0 spiro atoms. The van der Waals surface area contributed by atoms with E-state index in [9.17, 15) is 4.79 Å². The number of carboxylic acid groups (broad SMARTS) is 1. The van der Waals surface area contributed by atoms with Gasteiger partial charge in [-0.1, -0.05) is 54.0 Å². The highest BCUT2D eigenvalue weighted by Crippen LogP contribution is 2.35. The molecule has 0 aromatic heterocycles. The van der Waals surface area contributed by atoms with Crippen LogP contribution in [0.1, 0.15) is 65.5 Å². The van der Waals surface area contributed by atoms with Crippen molar-refractivity contribution in [1.29, 1.82) is 0 Å². The van der Waals surface area contributed by atoms with E-state index in [1.54, 1.807) is 0 Å². The summed E-state index contributed by atoms with van der Waals surface area (Å²) in [6.45, 7) is 13.4. The van der Waals surface area contributed by atoms with Gasteiger partial charge in [0.05, 0.1) is 6.61 Å². The van der Waals surface area contributed by atoms with Gasteiger partial charge in [0, 0.05) is 11.6 Å². The summed E-state index contributed by atoms with van der Waals surface area (Å²) in [5, 5.41) is 9.10. The molecule has 0 atom stereocenters. The Morgan fingerprint density at radius 1 is 1.30 bits per heavy atom. The van der Waals surface area contributed by atoms with Crippen LogP contribution in [0.15, 0.2) is 24.3 Å². The summed E-state index contributed by atoms with van der Waals surface area (Å²) in [5.74, 6) is 0.456. The quantitative estimate of drug-likeness (QED) is 0.695. The lowest BCUT2D eigenvalue weighted by Crippen LogP contribution is -2.15. The fourth-order valence-electron chi connectivity index (χ4n) is 2.42. The Morgan fingerprint density at radius 2 is 1.96 bits per heavy atom. The summed E-state index contributed by atoms with van der Waals surface area (Å²) in [6, 6.07) is 6.03. The minimum atomic E-state index is -0.897. The standard InChI is InChI=1S/C20H30O3/c1-7-8-15(12-19(21)22)16-9-10-18(23-13-14(2)3)17(11-16)20(4,5)6/h9-12,14H,7-8,13H2,1-6H3,(H,21,22)/b15-12+. The average Bonchev–Trinajstić information content (AvgIpc) is 2.43. The third kappa shape index (κ3) is 6.09. The monoisotopic (exact) mass is 318 g/mol. The van der Waals surface area contributed by atoms with Crippen LogP contribution in [0.3, 0.4) is 0 Å². The van der Waals surface area contributed by atoms with E-state index in [2.05, 4.69) is 47.6 Å². The maximum Gasteiger partial charge on any atom is 0.328 e. The van der Waals surface area contributed by atoms with Gasteiger partial charge in [-0.05, 0) is 41.0 Å². The summed E-state index contributed by atoms with van der Waals surface area (Å²) in [4.78, 5) is 11.1. The number of ether oxygens (including phenoxy) is 1. The van der Waals surface area contributed by atoms with Crippen LogP contribution in [-0.2, 0) is 10.2 Å². The highest BCUT2D eigenvalue weighted by molar-refractivity contribution is 5.90. The maximum atomic E-state index is 11.1. The molecule has 0 amide bonds. The molecule has 0 aliphatic carbocycles. The smallest absolute Gasteiger partial charge is 0.328 e. The van der Waals surface area contributed by atoms with Crippen LogP contribution in [0, 0.1) is 5.92 Å². The van der Waals surface area contributed by atoms with Gasteiger partial charge >= 0.3 is 5.97 Å². The minimum absolute atomic E-state index is 0.0666. The highest BCUT2D eigenvalue weighted by Gasteiger charge is 2.20. The minimum Gasteiger partial charge on any atom is -0.493 e. The number of carbonyl (C=O) groups is 1. The summed E-state index contributed by atoms with van der Waals surface area (Å²) in [6.07, 6.45) is 2.98. The SMILES string of the molecule is CCC/C(=C\C(=O)O)c1ccc(OCC(C)C)c(C(C)(C)C)c1. The van der Waals surface area contributed by atoms with Crippen molar-refractivity contribution in [3.05, 3.63) is 35.4 Å². The maximum absolute atomic E-state index is 11.1. The molecule has 128 valence electrons. The van der Waals surface area contributed by atoms with Gasteiger partial charge in [-0.25, -0.2) is 4.79 Å². The number of carboxylic acids is 1. The van der Waals surface area contributed by atoms with Gasteiger partial charge in [-0.3, -0.25) is 0 Å². The molecular formula is C20H30O3. The van der Waals surface area contributed by atoms with E-state index in [0.717, 1.165) is 35.3 Å². The van der Waals surface area contributed by atoms with Gasteiger partial charge in [0.2, 0.25) is 0 Å². The van der Waals surface area contributed by atoms with Crippen molar-refractivity contribution in [2.24, 2.45) is 5.92 Å². The second-order valence-electron chi connectivity index (χ2n) is 7.42. The zero-order valence-corrected chi connectivity index (χ0v) is 15.3. The van der Waals surface area contributed by atoms with Crippen LogP contribution < -0.4 is 4.74 Å². The Kier molecular flexibility index (Phi) is 6.86. The molecule has 1 aromatic carbocycles. The molecule has 3 nitrogen and oxygen atoms in total. The predicted octanol–water partition coefficient (Wildman–Crippen LogP) is 5.29. The normalized spacial score (nSPS) is 12.6. The largest absolute Gasteiger partial charge is 0.493 e. The van der Waals surface area contributed by atoms with E-state index in [0.29, 0.717) is 12.5 Å². The van der Waals surface area contributed by atoms with Crippen LogP contribution in [0.2, 0.25) is 0 Å². The summed E-state index contributed by atoms with van der Waals surface area (Å²) < 4.78 is 5.97. The van der Waals surface area contributed by atoms with E-state index in [4.69, 9.17) is 9.84 Å². The molecule has 0 aliphatic heterocycles. The molecule has 0 fully saturated rings. The molecule has 23 heavy (non-hydrogen) atoms. The van der Waals surface area contributed by atoms with Gasteiger partial charge in [0.15, 0.2) is 0 Å². The number of benzene rings is 1. The van der Waals surface area contributed by atoms with E-state index >= 15 is 0 Å². The van der Waals surface area contributed by atoms with Crippen molar-refractivity contribution in [2.45, 2.75) is 59.8 Å². The second kappa shape index (κ2) is 8.19. The number of rotatable bonds is 7. The molecule has 0 saturated heterocycles. The van der Waals surface area contributed by atoms with E-state index in [1.165, 1.54) is 6.08 Å². The van der Waals surface area contributed by atoms with Crippen LogP contribution in [0.25, 0.3) is 5.57 Å². The predicted molar refractivity (Wildman–Crippen MR) is 96.0 cm³/mol. The Morgan fingerprint density at radius 3 is 2.43 bits per heavy atom. The van der Waals surface area contributed by atoms with Gasteiger partial charge in [-0.15, -0.1) is 0 Å². The lowest BCUT2D eigenvalue weighted by molar-refractivity contribution is -0.131. The number of hydrogen-bond donors (Lipinski definition) is 1. The van der Waals surface area contributed by atoms with E-state index in [-0.39, 0.29) is 5.41 Å². The van der Waals surface area contributed by atoms with Crippen LogP contribution in [0.4, 0.5) is 0 Å². The Balaban J connectivity index is 3.29. The first-order valence-electron chi connectivity index (χ1n) is 8.36. The van der Waals surface area contributed by atoms with Crippen molar-refractivity contribution in [3.63, 3.8) is 0 Å². The van der Waals surface area contributed by atoms with Gasteiger partial charge in [-0.2, -0.15) is 0 Å². The first-order chi connectivity index (χ1) is 10.6. The molecule has 1 rings (SSSR count). The van der Waals surface area contributed by atoms with Gasteiger partial charge < -0.3 is 9.84 Å². The van der Waals surface area contributed by atoms with Crippen molar-refractivity contribution >= 4 is 11.5 Å². The fraction of sp³-hybridized carbons (Fsp3) is 0.550. The summed E-state index contributed by atoms with van der Waals surface area (Å²) >= 11 is 0. The van der Waals surface area contributed by atoms with Crippen LogP contribution >= 0.6 is 0 Å². The second-order valence-corrected chi connectivity index (χ2v) is 7.42. The van der Waals surface area contributed by atoms with Crippen LogP contribution in [0.5, 0.6) is 5.75 Å². The zero-order valence-electron chi connectivity index (χ0n) is 15.3. The van der Waals surface area contributed by atoms with Gasteiger partial charge in [0.1, 0.15) is 5.75 Å². The fourth-order valence-corrected chi connectivity index (χ4v) is 2.42. The topological polar surface area (TPSA) is 46.5 Å². The lowest BCUT2D eigenvalue weighted by atomic mass is 9.84. The first-order valence-corrected chi connectivity index (χ1v) is 8.36. The third-order valence-electron chi connectivity index (χ3n) is 3.55. The number of hydrogen-bond acceptors (Lipinski definition) is 2. The highest BCUT2D eigenvalue weighted by atomic mass is 16.5. The average molecular weight is 318 g/mol. The molecule has 0 radical (unpaired) electrons. The third-order valence-corrected chi connectivity index (χ3v) is 3.55. The number of allylic oxidation sites excluding steroid dienone is 1. The van der Waals surface area contributed by atoms with Crippen LogP contribution in [-0.4, -0.2) is 17.7 Å². The molecule has 1 N–H and O–H groups in total. The summed E-state index contributed by atoms with van der Waals surface area (Å²) in [7, 11) is 0. The molecule has 0 heterocycles. The Hall–Kier alpha value is -1.77. The van der Waals surface area contributed by atoms with Crippen molar-refractivity contribution in [2.75, 3.05) is 6.61 Å². The molecule has 0 saturated carbocycles. The zero-order chi connectivity index (χ0) is 17.6. The molecule has 1 aromatic rings. The molecule has 0 bridgehead atoms. The molecule has 0 unspecified atom stereocenters. The van der Waals surface area contributed by atoms with Crippen molar-refractivity contribution in [1.82, 2.24) is 0 Å². The Bertz CT molecular complexity index is 563. The van der Waals surface area contributed by atoms with Crippen molar-refractivity contribution < 1.29 is 14.6 Å². The molecule has 0 aliphatic rings. The lowest BCUT2D eigenvalue weighted by Gasteiger charge is -2.24. The van der Waals surface area contributed by atoms with E-state index < -0.39 is 5.97 Å². The first kappa shape index (κ1) is 19.3. The van der Waals surface area contributed by atoms with Gasteiger partial charge in [0.25, 0.3) is 0 Å². The Labute approximate surface area is 140 Å². The summed E-state index contributed by atoms with van der Waals surface area (Å²) in [5.41, 5.74) is 2.88. The molecule has 3 heteroatoms. The van der Waals surface area contributed by atoms with E-state index in [1.807, 2.05) is 12.1 Å². The molecular weight excluding hydrogens is 288 g/mol.